The van der Waals surface area contributed by atoms with Crippen molar-refractivity contribution in [2.45, 2.75) is 19.5 Å². The van der Waals surface area contributed by atoms with Gasteiger partial charge in [0.05, 0.1) is 18.7 Å². The SMILES string of the molecule is COc1ccc(C(O)=C2C(=O)C(=O)N(Cc3cccnc3)C2c2ccc(C)cc2)cc1. The number of carbonyl (C=O) groups is 2. The highest BCUT2D eigenvalue weighted by Crippen LogP contribution is 2.40. The van der Waals surface area contributed by atoms with Crippen molar-refractivity contribution >= 4 is 17.4 Å². The van der Waals surface area contributed by atoms with Gasteiger partial charge in [0.1, 0.15) is 11.5 Å². The van der Waals surface area contributed by atoms with E-state index in [1.807, 2.05) is 37.3 Å². The summed E-state index contributed by atoms with van der Waals surface area (Å²) in [7, 11) is 1.55. The second-order valence-corrected chi connectivity index (χ2v) is 7.43. The Morgan fingerprint density at radius 2 is 1.77 bits per heavy atom. The minimum atomic E-state index is -0.706. The number of methoxy groups -OCH3 is 1. The lowest BCUT2D eigenvalue weighted by molar-refractivity contribution is -0.140. The van der Waals surface area contributed by atoms with E-state index in [1.54, 1.807) is 49.8 Å². The predicted molar refractivity (Wildman–Crippen MR) is 116 cm³/mol. The fourth-order valence-electron chi connectivity index (χ4n) is 3.73. The van der Waals surface area contributed by atoms with Gasteiger partial charge in [0.25, 0.3) is 11.7 Å². The smallest absolute Gasteiger partial charge is 0.295 e. The van der Waals surface area contributed by atoms with Gasteiger partial charge in [-0.05, 0) is 48.4 Å². The highest BCUT2D eigenvalue weighted by atomic mass is 16.5. The number of hydrogen-bond donors (Lipinski definition) is 1. The number of pyridine rings is 1. The van der Waals surface area contributed by atoms with Crippen molar-refractivity contribution in [1.82, 2.24) is 9.88 Å². The van der Waals surface area contributed by atoms with Crippen molar-refractivity contribution < 1.29 is 19.4 Å². The standard InChI is InChI=1S/C25H22N2O4/c1-16-5-7-18(8-6-16)22-21(23(28)19-9-11-20(31-2)12-10-19)24(29)25(30)27(22)15-17-4-3-13-26-14-17/h3-14,22,28H,15H2,1-2H3. The van der Waals surface area contributed by atoms with E-state index in [1.165, 1.54) is 4.90 Å². The number of hydrogen-bond acceptors (Lipinski definition) is 5. The number of aliphatic hydroxyl groups is 1. The second-order valence-electron chi connectivity index (χ2n) is 7.43. The van der Waals surface area contributed by atoms with Crippen molar-refractivity contribution in [1.29, 1.82) is 0 Å². The molecule has 1 aliphatic rings. The fraction of sp³-hybridized carbons (Fsp3) is 0.160. The van der Waals surface area contributed by atoms with Crippen LogP contribution in [0.25, 0.3) is 5.76 Å². The maximum absolute atomic E-state index is 13.0. The summed E-state index contributed by atoms with van der Waals surface area (Å²) in [6.07, 6.45) is 3.31. The monoisotopic (exact) mass is 414 g/mol. The summed E-state index contributed by atoms with van der Waals surface area (Å²) in [6.45, 7) is 2.17. The number of aromatic nitrogens is 1. The molecule has 1 N–H and O–H groups in total. The first-order chi connectivity index (χ1) is 15.0. The third-order valence-electron chi connectivity index (χ3n) is 5.37. The van der Waals surface area contributed by atoms with Crippen LogP contribution in [0, 0.1) is 6.92 Å². The van der Waals surface area contributed by atoms with Gasteiger partial charge in [-0.2, -0.15) is 0 Å². The van der Waals surface area contributed by atoms with Crippen LogP contribution in [0.4, 0.5) is 0 Å². The van der Waals surface area contributed by atoms with Crippen molar-refractivity contribution in [2.75, 3.05) is 7.11 Å². The first-order valence-electron chi connectivity index (χ1n) is 9.88. The zero-order valence-electron chi connectivity index (χ0n) is 17.3. The third-order valence-corrected chi connectivity index (χ3v) is 5.37. The van der Waals surface area contributed by atoms with Crippen LogP contribution in [0.15, 0.2) is 78.6 Å². The van der Waals surface area contributed by atoms with E-state index >= 15 is 0 Å². The van der Waals surface area contributed by atoms with Crippen LogP contribution in [0.5, 0.6) is 5.75 Å². The summed E-state index contributed by atoms with van der Waals surface area (Å²) in [5.74, 6) is -0.934. The Morgan fingerprint density at radius 1 is 1.06 bits per heavy atom. The van der Waals surface area contributed by atoms with Gasteiger partial charge in [-0.1, -0.05) is 35.9 Å². The molecule has 2 heterocycles. The average molecular weight is 414 g/mol. The average Bonchev–Trinajstić information content (AvgIpc) is 3.05. The maximum atomic E-state index is 13.0. The lowest BCUT2D eigenvalue weighted by Gasteiger charge is -2.25. The van der Waals surface area contributed by atoms with Gasteiger partial charge in [0, 0.05) is 24.5 Å². The molecule has 6 nitrogen and oxygen atoms in total. The summed E-state index contributed by atoms with van der Waals surface area (Å²) >= 11 is 0. The molecule has 6 heteroatoms. The molecule has 2 aromatic carbocycles. The number of ether oxygens (including phenoxy) is 1. The zero-order valence-corrected chi connectivity index (χ0v) is 17.3. The minimum absolute atomic E-state index is 0.0721. The minimum Gasteiger partial charge on any atom is -0.507 e. The summed E-state index contributed by atoms with van der Waals surface area (Å²) < 4.78 is 5.16. The van der Waals surface area contributed by atoms with E-state index < -0.39 is 17.7 Å². The van der Waals surface area contributed by atoms with Gasteiger partial charge < -0.3 is 14.7 Å². The zero-order chi connectivity index (χ0) is 22.0. The van der Waals surface area contributed by atoms with E-state index in [0.29, 0.717) is 11.3 Å². The largest absolute Gasteiger partial charge is 0.507 e. The molecule has 1 aromatic heterocycles. The van der Waals surface area contributed by atoms with Gasteiger partial charge in [0.15, 0.2) is 0 Å². The molecular weight excluding hydrogens is 392 g/mol. The topological polar surface area (TPSA) is 79.7 Å². The Balaban J connectivity index is 1.84. The van der Waals surface area contributed by atoms with Crippen LogP contribution in [-0.2, 0) is 16.1 Å². The molecule has 0 saturated carbocycles. The van der Waals surface area contributed by atoms with Crippen LogP contribution >= 0.6 is 0 Å². The predicted octanol–water partition coefficient (Wildman–Crippen LogP) is 4.02. The molecule has 1 aliphatic heterocycles. The third kappa shape index (κ3) is 3.92. The number of amides is 1. The molecule has 4 rings (SSSR count). The Hall–Kier alpha value is -3.93. The van der Waals surface area contributed by atoms with Crippen molar-refractivity contribution in [3.8, 4) is 5.75 Å². The van der Waals surface area contributed by atoms with Crippen LogP contribution < -0.4 is 4.74 Å². The van der Waals surface area contributed by atoms with E-state index in [0.717, 1.165) is 16.7 Å². The number of nitrogens with zero attached hydrogens (tertiary/aromatic N) is 2. The molecule has 0 radical (unpaired) electrons. The van der Waals surface area contributed by atoms with E-state index in [2.05, 4.69) is 4.98 Å². The molecule has 0 spiro atoms. The van der Waals surface area contributed by atoms with Crippen LogP contribution in [0.2, 0.25) is 0 Å². The van der Waals surface area contributed by atoms with Crippen LogP contribution in [0.3, 0.4) is 0 Å². The van der Waals surface area contributed by atoms with Crippen molar-refractivity contribution in [3.05, 3.63) is 101 Å². The van der Waals surface area contributed by atoms with Gasteiger partial charge in [-0.3, -0.25) is 14.6 Å². The van der Waals surface area contributed by atoms with E-state index in [4.69, 9.17) is 4.74 Å². The number of likely N-dealkylation sites (tertiary alicyclic amines) is 1. The molecule has 1 fully saturated rings. The number of ketones is 1. The number of aryl methyl sites for hydroxylation is 1. The molecule has 31 heavy (non-hydrogen) atoms. The number of Topliss-reactive ketones (excluding diaryl/α,β-unsaturated/α-hetero) is 1. The van der Waals surface area contributed by atoms with Crippen molar-refractivity contribution in [3.63, 3.8) is 0 Å². The summed E-state index contributed by atoms with van der Waals surface area (Å²) in [5, 5.41) is 11.1. The molecule has 1 saturated heterocycles. The lowest BCUT2D eigenvalue weighted by atomic mass is 9.94. The molecule has 1 amide bonds. The Morgan fingerprint density at radius 3 is 2.39 bits per heavy atom. The second kappa shape index (κ2) is 8.44. The molecule has 3 aromatic rings. The Bertz CT molecular complexity index is 1140. The van der Waals surface area contributed by atoms with Crippen molar-refractivity contribution in [2.24, 2.45) is 0 Å². The maximum Gasteiger partial charge on any atom is 0.295 e. The van der Waals surface area contributed by atoms with Gasteiger partial charge in [-0.25, -0.2) is 0 Å². The summed E-state index contributed by atoms with van der Waals surface area (Å²) in [4.78, 5) is 31.6. The molecule has 1 unspecified atom stereocenters. The first kappa shape index (κ1) is 20.3. The Kier molecular flexibility index (Phi) is 5.54. The molecular formula is C25H22N2O4. The molecule has 1 atom stereocenters. The van der Waals surface area contributed by atoms with E-state index in [-0.39, 0.29) is 17.9 Å². The first-order valence-corrected chi connectivity index (χ1v) is 9.88. The number of benzene rings is 2. The van der Waals surface area contributed by atoms with Crippen LogP contribution in [0.1, 0.15) is 28.3 Å². The van der Waals surface area contributed by atoms with E-state index in [9.17, 15) is 14.7 Å². The quantitative estimate of drug-likeness (QED) is 0.388. The number of rotatable bonds is 5. The number of aliphatic hydroxyl groups excluding tert-OH is 1. The van der Waals surface area contributed by atoms with Gasteiger partial charge >= 0.3 is 0 Å². The highest BCUT2D eigenvalue weighted by molar-refractivity contribution is 6.46. The molecule has 0 bridgehead atoms. The molecule has 156 valence electrons. The van der Waals surface area contributed by atoms with Gasteiger partial charge in [0.2, 0.25) is 0 Å². The summed E-state index contributed by atoms with van der Waals surface area (Å²) in [5.41, 5.74) is 3.12. The normalized spacial score (nSPS) is 17.7. The highest BCUT2D eigenvalue weighted by Gasteiger charge is 2.46. The fourth-order valence-corrected chi connectivity index (χ4v) is 3.73. The summed E-state index contributed by atoms with van der Waals surface area (Å²) in [6, 6.07) is 17.2. The lowest BCUT2D eigenvalue weighted by Crippen LogP contribution is -2.29. The molecule has 0 aliphatic carbocycles. The van der Waals surface area contributed by atoms with Crippen LogP contribution in [-0.4, -0.2) is 33.8 Å². The number of carbonyl (C=O) groups excluding carboxylic acids is 2. The van der Waals surface area contributed by atoms with Gasteiger partial charge in [-0.15, -0.1) is 0 Å². The Labute approximate surface area is 180 Å².